The Morgan fingerprint density at radius 3 is 2.61 bits per heavy atom. The molecule has 1 heterocycles. The fourth-order valence-electron chi connectivity index (χ4n) is 2.95. The van der Waals surface area contributed by atoms with Crippen molar-refractivity contribution in [1.82, 2.24) is 4.90 Å². The minimum Gasteiger partial charge on any atom is -0.491 e. The standard InChI is InChI=1S/C24H26ClNO5/c1-15-9-10-17(21-14-19(27)16-7-6-8-18(25)22(16)30-21)20(13-15)29-12-11-26(5)23(28)31-24(2,3)4/h6-10,13-14H,11-12H2,1-5H3. The normalized spacial score (nSPS) is 11.4. The monoisotopic (exact) mass is 443 g/mol. The van der Waals surface area contributed by atoms with Gasteiger partial charge < -0.3 is 18.8 Å². The average molecular weight is 444 g/mol. The highest BCUT2D eigenvalue weighted by atomic mass is 35.5. The van der Waals surface area contributed by atoms with Crippen molar-refractivity contribution >= 4 is 28.7 Å². The van der Waals surface area contributed by atoms with Crippen molar-refractivity contribution in [2.75, 3.05) is 20.2 Å². The Bertz CT molecular complexity index is 1160. The highest BCUT2D eigenvalue weighted by Gasteiger charge is 2.20. The first kappa shape index (κ1) is 22.7. The molecule has 3 rings (SSSR count). The lowest BCUT2D eigenvalue weighted by molar-refractivity contribution is 0.0278. The van der Waals surface area contributed by atoms with Crippen molar-refractivity contribution in [3.63, 3.8) is 0 Å². The van der Waals surface area contributed by atoms with Gasteiger partial charge in [-0.1, -0.05) is 23.7 Å². The largest absolute Gasteiger partial charge is 0.491 e. The van der Waals surface area contributed by atoms with Gasteiger partial charge in [0.15, 0.2) is 11.0 Å². The maximum Gasteiger partial charge on any atom is 0.410 e. The summed E-state index contributed by atoms with van der Waals surface area (Å²) in [4.78, 5) is 26.2. The maximum atomic E-state index is 12.6. The Morgan fingerprint density at radius 1 is 1.16 bits per heavy atom. The van der Waals surface area contributed by atoms with Crippen molar-refractivity contribution in [2.45, 2.75) is 33.3 Å². The molecular weight excluding hydrogens is 418 g/mol. The van der Waals surface area contributed by atoms with E-state index in [0.29, 0.717) is 39.6 Å². The summed E-state index contributed by atoms with van der Waals surface area (Å²) in [5.41, 5.74) is 1.20. The number of amides is 1. The molecule has 0 aliphatic carbocycles. The number of carbonyl (C=O) groups excluding carboxylic acids is 1. The summed E-state index contributed by atoms with van der Waals surface area (Å²) >= 11 is 6.23. The third kappa shape index (κ3) is 5.58. The van der Waals surface area contributed by atoms with E-state index in [-0.39, 0.29) is 12.0 Å². The SMILES string of the molecule is Cc1ccc(-c2cc(=O)c3cccc(Cl)c3o2)c(OCCN(C)C(=O)OC(C)(C)C)c1. The van der Waals surface area contributed by atoms with E-state index in [9.17, 15) is 9.59 Å². The van der Waals surface area contributed by atoms with Gasteiger partial charge in [-0.3, -0.25) is 4.79 Å². The van der Waals surface area contributed by atoms with E-state index in [2.05, 4.69) is 0 Å². The zero-order valence-electron chi connectivity index (χ0n) is 18.3. The second-order valence-electron chi connectivity index (χ2n) is 8.34. The average Bonchev–Trinajstić information content (AvgIpc) is 2.67. The van der Waals surface area contributed by atoms with Crippen molar-refractivity contribution in [3.05, 3.63) is 63.3 Å². The van der Waals surface area contributed by atoms with Gasteiger partial charge in [-0.2, -0.15) is 0 Å². The lowest BCUT2D eigenvalue weighted by atomic mass is 10.1. The van der Waals surface area contributed by atoms with Crippen molar-refractivity contribution < 1.29 is 18.7 Å². The molecule has 31 heavy (non-hydrogen) atoms. The number of nitrogens with zero attached hydrogens (tertiary/aromatic N) is 1. The number of halogens is 1. The second kappa shape index (κ2) is 9.02. The number of likely N-dealkylation sites (N-methyl/N-ethyl adjacent to an activating group) is 1. The third-order valence-electron chi connectivity index (χ3n) is 4.50. The minimum atomic E-state index is -0.565. The van der Waals surface area contributed by atoms with Gasteiger partial charge in [0.2, 0.25) is 0 Å². The molecule has 7 heteroatoms. The van der Waals surface area contributed by atoms with E-state index >= 15 is 0 Å². The van der Waals surface area contributed by atoms with Crippen LogP contribution in [0.25, 0.3) is 22.3 Å². The van der Waals surface area contributed by atoms with E-state index in [0.717, 1.165) is 5.56 Å². The predicted octanol–water partition coefficient (Wildman–Crippen LogP) is 5.67. The number of hydrogen-bond donors (Lipinski definition) is 0. The molecule has 0 saturated heterocycles. The molecule has 0 radical (unpaired) electrons. The lowest BCUT2D eigenvalue weighted by Crippen LogP contribution is -2.36. The molecule has 2 aromatic carbocycles. The van der Waals surface area contributed by atoms with E-state index in [1.165, 1.54) is 11.0 Å². The van der Waals surface area contributed by atoms with Crippen LogP contribution in [0.1, 0.15) is 26.3 Å². The molecule has 1 amide bonds. The van der Waals surface area contributed by atoms with E-state index in [1.807, 2.05) is 45.9 Å². The number of aryl methyl sites for hydroxylation is 1. The molecule has 0 spiro atoms. The molecule has 0 bridgehead atoms. The number of ether oxygens (including phenoxy) is 2. The number of fused-ring (bicyclic) bond motifs is 1. The Kier molecular flexibility index (Phi) is 6.60. The summed E-state index contributed by atoms with van der Waals surface area (Å²) in [6.45, 7) is 7.96. The fourth-order valence-corrected chi connectivity index (χ4v) is 3.16. The van der Waals surface area contributed by atoms with Gasteiger partial charge in [0.05, 0.1) is 22.5 Å². The van der Waals surface area contributed by atoms with Crippen LogP contribution in [0.15, 0.2) is 51.7 Å². The minimum absolute atomic E-state index is 0.185. The third-order valence-corrected chi connectivity index (χ3v) is 4.80. The molecule has 0 aliphatic rings. The number of carbonyl (C=O) groups is 1. The Balaban J connectivity index is 1.84. The van der Waals surface area contributed by atoms with Gasteiger partial charge in [0.25, 0.3) is 0 Å². The van der Waals surface area contributed by atoms with Gasteiger partial charge in [0, 0.05) is 13.1 Å². The predicted molar refractivity (Wildman–Crippen MR) is 122 cm³/mol. The number of rotatable bonds is 5. The van der Waals surface area contributed by atoms with Crippen LogP contribution >= 0.6 is 11.6 Å². The number of benzene rings is 2. The Hall–Kier alpha value is -2.99. The highest BCUT2D eigenvalue weighted by Crippen LogP contribution is 2.33. The van der Waals surface area contributed by atoms with Gasteiger partial charge >= 0.3 is 6.09 Å². The van der Waals surface area contributed by atoms with Crippen LogP contribution in [-0.4, -0.2) is 36.8 Å². The molecule has 3 aromatic rings. The Labute approximate surface area is 186 Å². The Morgan fingerprint density at radius 2 is 1.90 bits per heavy atom. The van der Waals surface area contributed by atoms with Crippen LogP contribution in [0.4, 0.5) is 4.79 Å². The van der Waals surface area contributed by atoms with Crippen LogP contribution in [0.2, 0.25) is 5.02 Å². The van der Waals surface area contributed by atoms with Gasteiger partial charge in [-0.15, -0.1) is 0 Å². The molecule has 0 aliphatic heterocycles. The first-order chi connectivity index (χ1) is 14.5. The molecule has 1 aromatic heterocycles. The molecule has 0 N–H and O–H groups in total. The van der Waals surface area contributed by atoms with Crippen molar-refractivity contribution in [1.29, 1.82) is 0 Å². The van der Waals surface area contributed by atoms with Crippen molar-refractivity contribution in [3.8, 4) is 17.1 Å². The summed E-state index contributed by atoms with van der Waals surface area (Å²) in [7, 11) is 1.65. The molecular formula is C24H26ClNO5. The smallest absolute Gasteiger partial charge is 0.410 e. The second-order valence-corrected chi connectivity index (χ2v) is 8.75. The summed E-state index contributed by atoms with van der Waals surface area (Å²) in [6.07, 6.45) is -0.421. The summed E-state index contributed by atoms with van der Waals surface area (Å²) in [5, 5.41) is 0.787. The maximum absolute atomic E-state index is 12.6. The van der Waals surface area contributed by atoms with E-state index in [4.69, 9.17) is 25.5 Å². The van der Waals surface area contributed by atoms with Crippen LogP contribution in [0, 0.1) is 6.92 Å². The first-order valence-corrected chi connectivity index (χ1v) is 10.3. The van der Waals surface area contributed by atoms with Gasteiger partial charge in [-0.05, 0) is 57.5 Å². The summed E-state index contributed by atoms with van der Waals surface area (Å²) in [5.74, 6) is 0.910. The van der Waals surface area contributed by atoms with Gasteiger partial charge in [0.1, 0.15) is 23.7 Å². The molecule has 0 saturated carbocycles. The van der Waals surface area contributed by atoms with Crippen LogP contribution in [0.5, 0.6) is 5.75 Å². The molecule has 164 valence electrons. The lowest BCUT2D eigenvalue weighted by Gasteiger charge is -2.24. The fraction of sp³-hybridized carbons (Fsp3) is 0.333. The highest BCUT2D eigenvalue weighted by molar-refractivity contribution is 6.34. The van der Waals surface area contributed by atoms with E-state index < -0.39 is 11.7 Å². The summed E-state index contributed by atoms with van der Waals surface area (Å²) in [6, 6.07) is 12.1. The molecule has 0 atom stereocenters. The van der Waals surface area contributed by atoms with Crippen LogP contribution in [-0.2, 0) is 4.74 Å². The molecule has 0 unspecified atom stereocenters. The van der Waals surface area contributed by atoms with Crippen molar-refractivity contribution in [2.24, 2.45) is 0 Å². The molecule has 6 nitrogen and oxygen atoms in total. The number of para-hydroxylation sites is 1. The van der Waals surface area contributed by atoms with Crippen LogP contribution < -0.4 is 10.2 Å². The first-order valence-electron chi connectivity index (χ1n) is 9.95. The quantitative estimate of drug-likeness (QED) is 0.508. The van der Waals surface area contributed by atoms with Crippen LogP contribution in [0.3, 0.4) is 0 Å². The van der Waals surface area contributed by atoms with E-state index in [1.54, 1.807) is 25.2 Å². The summed E-state index contributed by atoms with van der Waals surface area (Å²) < 4.78 is 17.3. The van der Waals surface area contributed by atoms with Gasteiger partial charge in [-0.25, -0.2) is 4.79 Å². The topological polar surface area (TPSA) is 69.0 Å². The zero-order chi connectivity index (χ0) is 22.8. The number of hydrogen-bond acceptors (Lipinski definition) is 5. The zero-order valence-corrected chi connectivity index (χ0v) is 19.1. The molecule has 0 fully saturated rings.